The molecule has 0 aliphatic heterocycles. The number of benzene rings is 2. The second-order valence-electron chi connectivity index (χ2n) is 4.51. The van der Waals surface area contributed by atoms with Gasteiger partial charge in [-0.15, -0.1) is 0 Å². The van der Waals surface area contributed by atoms with E-state index in [-0.39, 0.29) is 0 Å². The molecule has 0 heterocycles. The zero-order valence-corrected chi connectivity index (χ0v) is 12.4. The zero-order chi connectivity index (χ0) is 15.9. The molecular weight excluding hydrogens is 287 g/mol. The third kappa shape index (κ3) is 4.12. The Kier molecular flexibility index (Phi) is 5.19. The van der Waals surface area contributed by atoms with Crippen LogP contribution in [0.25, 0.3) is 0 Å². The first-order chi connectivity index (χ1) is 10.6. The molecule has 0 aromatic heterocycles. The maximum absolute atomic E-state index is 13.0. The van der Waals surface area contributed by atoms with Gasteiger partial charge in [0, 0.05) is 12.2 Å². The first-order valence-corrected chi connectivity index (χ1v) is 6.63. The van der Waals surface area contributed by atoms with Gasteiger partial charge in [-0.2, -0.15) is 0 Å². The number of nitrogens with one attached hydrogen (secondary N) is 2. The van der Waals surface area contributed by atoms with E-state index in [9.17, 15) is 9.18 Å². The van der Waals surface area contributed by atoms with Crippen LogP contribution >= 0.6 is 0 Å². The number of amides is 2. The fourth-order valence-corrected chi connectivity index (χ4v) is 1.91. The molecule has 0 spiro atoms. The smallest absolute Gasteiger partial charge is 0.319 e. The van der Waals surface area contributed by atoms with Gasteiger partial charge in [0.2, 0.25) is 0 Å². The highest BCUT2D eigenvalue weighted by Crippen LogP contribution is 2.27. The van der Waals surface area contributed by atoms with Crippen LogP contribution in [0.1, 0.15) is 5.56 Å². The number of hydrogen-bond acceptors (Lipinski definition) is 3. The van der Waals surface area contributed by atoms with Crippen molar-refractivity contribution in [1.29, 1.82) is 0 Å². The monoisotopic (exact) mass is 304 g/mol. The summed E-state index contributed by atoms with van der Waals surface area (Å²) in [6.45, 7) is 0.307. The second-order valence-corrected chi connectivity index (χ2v) is 4.51. The van der Waals surface area contributed by atoms with Gasteiger partial charge in [-0.05, 0) is 35.9 Å². The summed E-state index contributed by atoms with van der Waals surface area (Å²) >= 11 is 0. The van der Waals surface area contributed by atoms with Crippen molar-refractivity contribution in [3.63, 3.8) is 0 Å². The Morgan fingerprint density at radius 1 is 1.09 bits per heavy atom. The van der Waals surface area contributed by atoms with E-state index in [2.05, 4.69) is 10.6 Å². The number of halogens is 1. The van der Waals surface area contributed by atoms with Crippen molar-refractivity contribution in [3.05, 3.63) is 53.8 Å². The zero-order valence-electron chi connectivity index (χ0n) is 12.4. The minimum Gasteiger partial charge on any atom is -0.493 e. The molecule has 116 valence electrons. The fraction of sp³-hybridized carbons (Fsp3) is 0.188. The molecule has 2 aromatic rings. The Bertz CT molecular complexity index is 662. The van der Waals surface area contributed by atoms with E-state index in [1.165, 1.54) is 18.2 Å². The molecule has 5 nitrogen and oxygen atoms in total. The SMILES string of the molecule is COc1ccc(CNC(=O)Nc2cccc(F)c2)cc1OC. The normalized spacial score (nSPS) is 9.95. The molecule has 6 heteroatoms. The van der Waals surface area contributed by atoms with Gasteiger partial charge in [-0.3, -0.25) is 0 Å². The highest BCUT2D eigenvalue weighted by Gasteiger charge is 2.06. The quantitative estimate of drug-likeness (QED) is 0.892. The number of hydrogen-bond donors (Lipinski definition) is 2. The van der Waals surface area contributed by atoms with Crippen LogP contribution in [-0.2, 0) is 6.54 Å². The lowest BCUT2D eigenvalue weighted by atomic mass is 10.2. The molecule has 0 bridgehead atoms. The molecule has 0 atom stereocenters. The molecule has 22 heavy (non-hydrogen) atoms. The largest absolute Gasteiger partial charge is 0.493 e. The van der Waals surface area contributed by atoms with Gasteiger partial charge in [0.05, 0.1) is 14.2 Å². The Balaban J connectivity index is 1.93. The van der Waals surface area contributed by atoms with Crippen LogP contribution < -0.4 is 20.1 Å². The number of rotatable bonds is 5. The van der Waals surface area contributed by atoms with E-state index in [4.69, 9.17) is 9.47 Å². The topological polar surface area (TPSA) is 59.6 Å². The maximum Gasteiger partial charge on any atom is 0.319 e. The lowest BCUT2D eigenvalue weighted by Gasteiger charge is -2.11. The van der Waals surface area contributed by atoms with Gasteiger partial charge < -0.3 is 20.1 Å². The van der Waals surface area contributed by atoms with E-state index < -0.39 is 11.8 Å². The van der Waals surface area contributed by atoms with Gasteiger partial charge in [-0.1, -0.05) is 12.1 Å². The van der Waals surface area contributed by atoms with Gasteiger partial charge in [0.1, 0.15) is 5.82 Å². The molecule has 2 aromatic carbocycles. The maximum atomic E-state index is 13.0. The number of carbonyl (C=O) groups excluding carboxylic acids is 1. The van der Waals surface area contributed by atoms with E-state index in [0.717, 1.165) is 5.56 Å². The summed E-state index contributed by atoms with van der Waals surface area (Å²) in [6.07, 6.45) is 0. The highest BCUT2D eigenvalue weighted by molar-refractivity contribution is 5.89. The number of ether oxygens (including phenoxy) is 2. The number of urea groups is 1. The Hall–Kier alpha value is -2.76. The Morgan fingerprint density at radius 3 is 2.55 bits per heavy atom. The van der Waals surface area contributed by atoms with E-state index in [0.29, 0.717) is 23.7 Å². The molecule has 2 amide bonds. The van der Waals surface area contributed by atoms with E-state index >= 15 is 0 Å². The lowest BCUT2D eigenvalue weighted by molar-refractivity contribution is 0.251. The fourth-order valence-electron chi connectivity index (χ4n) is 1.91. The summed E-state index contributed by atoms with van der Waals surface area (Å²) in [5.41, 5.74) is 1.25. The van der Waals surface area contributed by atoms with Crippen LogP contribution in [0.2, 0.25) is 0 Å². The Morgan fingerprint density at radius 2 is 1.86 bits per heavy atom. The predicted molar refractivity (Wildman–Crippen MR) is 81.8 cm³/mol. The van der Waals surface area contributed by atoms with Gasteiger partial charge in [0.15, 0.2) is 11.5 Å². The Labute approximate surface area is 128 Å². The first kappa shape index (κ1) is 15.6. The lowest BCUT2D eigenvalue weighted by Crippen LogP contribution is -2.28. The van der Waals surface area contributed by atoms with Gasteiger partial charge >= 0.3 is 6.03 Å². The van der Waals surface area contributed by atoms with Crippen molar-refractivity contribution in [2.24, 2.45) is 0 Å². The molecule has 0 unspecified atom stereocenters. The molecular formula is C16H17FN2O3. The van der Waals surface area contributed by atoms with Crippen molar-refractivity contribution < 1.29 is 18.7 Å². The summed E-state index contributed by atoms with van der Waals surface area (Å²) in [5.74, 6) is 0.806. The summed E-state index contributed by atoms with van der Waals surface area (Å²) in [5, 5.41) is 5.24. The molecule has 0 aliphatic rings. The molecule has 0 radical (unpaired) electrons. The number of methoxy groups -OCH3 is 2. The van der Waals surface area contributed by atoms with Crippen LogP contribution in [0.4, 0.5) is 14.9 Å². The van der Waals surface area contributed by atoms with Crippen molar-refractivity contribution in [2.45, 2.75) is 6.54 Å². The third-order valence-corrected chi connectivity index (χ3v) is 2.98. The third-order valence-electron chi connectivity index (χ3n) is 2.98. The standard InChI is InChI=1S/C16H17FN2O3/c1-21-14-7-6-11(8-15(14)22-2)10-18-16(20)19-13-5-3-4-12(17)9-13/h3-9H,10H2,1-2H3,(H2,18,19,20). The van der Waals surface area contributed by atoms with Crippen molar-refractivity contribution in [3.8, 4) is 11.5 Å². The molecule has 0 aliphatic carbocycles. The van der Waals surface area contributed by atoms with Gasteiger partial charge in [-0.25, -0.2) is 9.18 Å². The summed E-state index contributed by atoms with van der Waals surface area (Å²) < 4.78 is 23.4. The first-order valence-electron chi connectivity index (χ1n) is 6.63. The van der Waals surface area contributed by atoms with E-state index in [1.807, 2.05) is 6.07 Å². The van der Waals surface area contributed by atoms with Crippen LogP contribution in [0.15, 0.2) is 42.5 Å². The van der Waals surface area contributed by atoms with Gasteiger partial charge in [0.25, 0.3) is 0 Å². The highest BCUT2D eigenvalue weighted by atomic mass is 19.1. The summed E-state index contributed by atoms with van der Waals surface area (Å²) in [6, 6.07) is 10.6. The van der Waals surface area contributed by atoms with Crippen molar-refractivity contribution in [2.75, 3.05) is 19.5 Å². The average Bonchev–Trinajstić information content (AvgIpc) is 2.52. The van der Waals surface area contributed by atoms with Crippen molar-refractivity contribution in [1.82, 2.24) is 5.32 Å². The predicted octanol–water partition coefficient (Wildman–Crippen LogP) is 3.16. The summed E-state index contributed by atoms with van der Waals surface area (Å²) in [4.78, 5) is 11.8. The molecule has 0 fully saturated rings. The van der Waals surface area contributed by atoms with E-state index in [1.54, 1.807) is 32.4 Å². The average molecular weight is 304 g/mol. The molecule has 0 saturated carbocycles. The number of anilines is 1. The second kappa shape index (κ2) is 7.31. The van der Waals surface area contributed by atoms with Crippen LogP contribution in [-0.4, -0.2) is 20.3 Å². The van der Waals surface area contributed by atoms with Crippen molar-refractivity contribution >= 4 is 11.7 Å². The minimum atomic E-state index is -0.416. The number of carbonyl (C=O) groups is 1. The molecule has 0 saturated heterocycles. The molecule has 2 rings (SSSR count). The van der Waals surface area contributed by atoms with Crippen LogP contribution in [0.5, 0.6) is 11.5 Å². The van der Waals surface area contributed by atoms with Crippen LogP contribution in [0.3, 0.4) is 0 Å². The molecule has 2 N–H and O–H groups in total. The summed E-state index contributed by atoms with van der Waals surface area (Å²) in [7, 11) is 3.11. The van der Waals surface area contributed by atoms with Crippen LogP contribution in [0, 0.1) is 5.82 Å². The minimum absolute atomic E-state index is 0.307.